The highest BCUT2D eigenvalue weighted by Gasteiger charge is 2.50. The largest absolute Gasteiger partial charge is 0.375 e. The number of para-hydroxylation sites is 3. The van der Waals surface area contributed by atoms with Crippen LogP contribution >= 0.6 is 10.0 Å². The van der Waals surface area contributed by atoms with Gasteiger partial charge < -0.3 is 9.38 Å². The molecule has 0 atom stereocenters. The molecule has 1 aromatic heterocycles. The van der Waals surface area contributed by atoms with Crippen LogP contribution in [0.25, 0.3) is 43.7 Å². The zero-order valence-corrected chi connectivity index (χ0v) is 28.9. The lowest BCUT2D eigenvalue weighted by atomic mass is 9.45. The first-order valence-corrected chi connectivity index (χ1v) is 19.4. The summed E-state index contributed by atoms with van der Waals surface area (Å²) < 4.78 is 2.72. The number of hydrogen-bond acceptors (Lipinski definition) is 1. The summed E-state index contributed by atoms with van der Waals surface area (Å²) in [4.78, 5) is 8.15. The molecule has 0 saturated carbocycles. The van der Waals surface area contributed by atoms with E-state index >= 15 is 0 Å². The lowest BCUT2D eigenvalue weighted by molar-refractivity contribution is 1.12. The summed E-state index contributed by atoms with van der Waals surface area (Å²) >= 11 is 0. The molecule has 0 aliphatic carbocycles. The second-order valence-corrected chi connectivity index (χ2v) is 17.2. The molecule has 4 heteroatoms. The Morgan fingerprint density at radius 2 is 1.16 bits per heavy atom. The van der Waals surface area contributed by atoms with E-state index in [4.69, 9.17) is 0 Å². The molecule has 3 aliphatic heterocycles. The van der Waals surface area contributed by atoms with Crippen molar-refractivity contribution >= 4 is 77.4 Å². The molecule has 0 N–H and O–H groups in total. The van der Waals surface area contributed by atoms with Gasteiger partial charge in [0.2, 0.25) is 0 Å². The van der Waals surface area contributed by atoms with Crippen LogP contribution in [0.15, 0.2) is 189 Å². The Kier molecular flexibility index (Phi) is 5.37. The topological polar surface area (TPSA) is 8.17 Å². The highest BCUT2D eigenvalue weighted by atomic mass is 32.3. The van der Waals surface area contributed by atoms with E-state index in [9.17, 15) is 0 Å². The second-order valence-electron chi connectivity index (χ2n) is 14.1. The van der Waals surface area contributed by atoms with Gasteiger partial charge in [0.1, 0.15) is 0 Å². The molecule has 0 amide bonds. The maximum Gasteiger partial charge on any atom is 0.333 e. The van der Waals surface area contributed by atoms with Crippen molar-refractivity contribution in [3.8, 4) is 11.1 Å². The third-order valence-corrected chi connectivity index (χ3v) is 15.5. The maximum absolute atomic E-state index is 2.72. The Bertz CT molecular complexity index is 2910. The van der Waals surface area contributed by atoms with Gasteiger partial charge in [-0.1, -0.05) is 121 Å². The van der Waals surface area contributed by atoms with E-state index in [0.29, 0.717) is 0 Å². The molecule has 0 unspecified atom stereocenters. The molecule has 0 saturated heterocycles. The molecule has 0 bridgehead atoms. The van der Waals surface area contributed by atoms with Crippen LogP contribution in [0.5, 0.6) is 0 Å². The lowest BCUT2D eigenvalue weighted by Crippen LogP contribution is -2.57. The fourth-order valence-corrected chi connectivity index (χ4v) is 14.0. The van der Waals surface area contributed by atoms with E-state index in [-0.39, 0.29) is 6.85 Å². The first kappa shape index (κ1) is 27.8. The smallest absolute Gasteiger partial charge is 0.333 e. The van der Waals surface area contributed by atoms with Crippen molar-refractivity contribution in [1.82, 2.24) is 4.48 Å². The van der Waals surface area contributed by atoms with Gasteiger partial charge in [-0.25, -0.2) is 0 Å². The van der Waals surface area contributed by atoms with Gasteiger partial charge in [-0.3, -0.25) is 0 Å². The summed E-state index contributed by atoms with van der Waals surface area (Å²) in [5.74, 6) is 0. The van der Waals surface area contributed by atoms with Gasteiger partial charge in [0.15, 0.2) is 0 Å². The van der Waals surface area contributed by atoms with Crippen LogP contribution in [0.2, 0.25) is 0 Å². The molecule has 3 aliphatic rings. The number of nitrogens with zero attached hydrogens (tertiary/aromatic N) is 2. The van der Waals surface area contributed by atoms with Crippen molar-refractivity contribution in [3.05, 3.63) is 175 Å². The minimum Gasteiger partial charge on any atom is -0.375 e. The van der Waals surface area contributed by atoms with E-state index in [2.05, 4.69) is 186 Å². The summed E-state index contributed by atoms with van der Waals surface area (Å²) in [6.07, 6.45) is 0. The van der Waals surface area contributed by atoms with Crippen molar-refractivity contribution < 1.29 is 0 Å². The summed E-state index contributed by atoms with van der Waals surface area (Å²) in [7, 11) is -1.87. The Morgan fingerprint density at radius 1 is 0.490 bits per heavy atom. The average Bonchev–Trinajstić information content (AvgIpc) is 3.53. The summed E-state index contributed by atoms with van der Waals surface area (Å²) in [6.45, 7) is 2.28. The summed E-state index contributed by atoms with van der Waals surface area (Å²) in [5, 5.41) is 5.23. The molecule has 12 rings (SSSR count). The molecule has 238 valence electrons. The minimum absolute atomic E-state index is 0.0106. The second kappa shape index (κ2) is 9.84. The lowest BCUT2D eigenvalue weighted by Gasteiger charge is -2.53. The Morgan fingerprint density at radius 3 is 1.98 bits per heavy atom. The van der Waals surface area contributed by atoms with Crippen LogP contribution in [0.1, 0.15) is 5.56 Å². The van der Waals surface area contributed by atoms with Crippen LogP contribution in [0.3, 0.4) is 0 Å². The molecule has 0 radical (unpaired) electrons. The average molecular weight is 667 g/mol. The van der Waals surface area contributed by atoms with E-state index < -0.39 is 10.0 Å². The molecule has 4 heterocycles. The van der Waals surface area contributed by atoms with Crippen LogP contribution in [0, 0.1) is 6.92 Å². The number of aromatic nitrogens is 1. The van der Waals surface area contributed by atoms with Crippen LogP contribution < -0.4 is 15.8 Å². The van der Waals surface area contributed by atoms with E-state index in [0.717, 1.165) is 0 Å². The van der Waals surface area contributed by atoms with E-state index in [1.54, 1.807) is 0 Å². The predicted molar refractivity (Wildman–Crippen MR) is 216 cm³/mol. The van der Waals surface area contributed by atoms with Crippen molar-refractivity contribution in [3.63, 3.8) is 0 Å². The SMILES string of the molecule is Cc1cc2c3c(c1)N1c4ccccc4S(c4ccccc4)(c4ccccc4)c4cccc(c41)B3n1c3c-2cccc3c2ccc3ccccc3c21. The molecule has 9 aromatic rings. The predicted octanol–water partition coefficient (Wildman–Crippen LogP) is 11.3. The Balaban J connectivity index is 1.31. The summed E-state index contributed by atoms with van der Waals surface area (Å²) in [6, 6.07) is 64.5. The van der Waals surface area contributed by atoms with Crippen molar-refractivity contribution in [2.24, 2.45) is 0 Å². The van der Waals surface area contributed by atoms with Crippen molar-refractivity contribution in [2.75, 3.05) is 4.90 Å². The highest BCUT2D eigenvalue weighted by Crippen LogP contribution is 2.79. The van der Waals surface area contributed by atoms with Gasteiger partial charge in [0.25, 0.3) is 0 Å². The van der Waals surface area contributed by atoms with Gasteiger partial charge in [0.05, 0.1) is 11.4 Å². The molecule has 8 aromatic carbocycles. The summed E-state index contributed by atoms with van der Waals surface area (Å²) in [5.41, 5.74) is 13.3. The third kappa shape index (κ3) is 3.32. The third-order valence-electron chi connectivity index (χ3n) is 11.6. The normalized spacial score (nSPS) is 15.1. The van der Waals surface area contributed by atoms with Crippen LogP contribution in [-0.4, -0.2) is 11.3 Å². The highest BCUT2D eigenvalue weighted by molar-refractivity contribution is 8.34. The van der Waals surface area contributed by atoms with Gasteiger partial charge in [-0.2, -0.15) is 0 Å². The van der Waals surface area contributed by atoms with Gasteiger partial charge >= 0.3 is 6.85 Å². The molecular weight excluding hydrogens is 635 g/mol. The van der Waals surface area contributed by atoms with Gasteiger partial charge in [-0.05, 0) is 82.9 Å². The van der Waals surface area contributed by atoms with Crippen LogP contribution in [0.4, 0.5) is 17.1 Å². The Hall–Kier alpha value is -5.97. The number of aryl methyl sites for hydroxylation is 1. The number of rotatable bonds is 2. The number of anilines is 3. The zero-order chi connectivity index (χ0) is 33.4. The minimum atomic E-state index is -1.87. The monoisotopic (exact) mass is 666 g/mol. The van der Waals surface area contributed by atoms with E-state index in [1.165, 1.54) is 96.8 Å². The molecule has 2 nitrogen and oxygen atoms in total. The first-order valence-electron chi connectivity index (χ1n) is 17.8. The fourth-order valence-electron chi connectivity index (χ4n) is 9.77. The fraction of sp³-hybridized carbons (Fsp3) is 0.0213. The van der Waals surface area contributed by atoms with Gasteiger partial charge in [-0.15, -0.1) is 10.0 Å². The molecule has 51 heavy (non-hydrogen) atoms. The maximum atomic E-state index is 2.72. The van der Waals surface area contributed by atoms with Crippen molar-refractivity contribution in [2.45, 2.75) is 26.5 Å². The molecule has 0 fully saturated rings. The van der Waals surface area contributed by atoms with E-state index in [1.807, 2.05) is 0 Å². The number of benzene rings is 8. The quantitative estimate of drug-likeness (QED) is 0.167. The van der Waals surface area contributed by atoms with Crippen molar-refractivity contribution in [1.29, 1.82) is 0 Å². The zero-order valence-electron chi connectivity index (χ0n) is 28.0. The molecule has 0 spiro atoms. The first-order chi connectivity index (χ1) is 25.2. The standard InChI is InChI=1S/C47H31BN2S/c1-30-28-38-36-21-12-20-35-37-27-26-31-14-8-9-19-34(31)45(37)50(46(35)36)48-39-22-13-25-43-47(39)49(41(29-30)44(38)48)40-23-10-11-24-42(40)51(43,32-15-4-2-5-16-32)33-17-6-3-7-18-33/h2-29H,1H3. The number of fused-ring (bicyclic) bond motifs is 11. The molecular formula is C47H31BN2S. The Labute approximate surface area is 298 Å². The number of hydrogen-bond donors (Lipinski definition) is 0. The van der Waals surface area contributed by atoms with Gasteiger partial charge in [0, 0.05) is 58.0 Å². The van der Waals surface area contributed by atoms with Crippen LogP contribution in [-0.2, 0) is 0 Å².